The van der Waals surface area contributed by atoms with Gasteiger partial charge in [0.15, 0.2) is 11.5 Å². The van der Waals surface area contributed by atoms with Gasteiger partial charge in [-0.2, -0.15) is 0 Å². The van der Waals surface area contributed by atoms with Crippen LogP contribution in [0.25, 0.3) is 0 Å². The maximum atomic E-state index is 13.3. The zero-order valence-electron chi connectivity index (χ0n) is 17.6. The van der Waals surface area contributed by atoms with Gasteiger partial charge in [0.2, 0.25) is 10.0 Å². The van der Waals surface area contributed by atoms with Crippen LogP contribution in [-0.2, 0) is 22.9 Å². The van der Waals surface area contributed by atoms with Gasteiger partial charge in [0.25, 0.3) is 5.91 Å². The van der Waals surface area contributed by atoms with Crippen molar-refractivity contribution in [2.45, 2.75) is 17.7 Å². The zero-order valence-corrected chi connectivity index (χ0v) is 18.5. The monoisotopic (exact) mass is 430 g/mol. The van der Waals surface area contributed by atoms with E-state index in [9.17, 15) is 13.2 Å². The number of fused-ring (bicyclic) bond motifs is 1. The largest absolute Gasteiger partial charge is 0.493 e. The SMILES string of the molecule is C=CCc1cc(C(=O)N2CCc3cc(S(=O)(=O)N(C)C)ccc32)cc(OC)c1OC. The lowest BCUT2D eigenvalue weighted by atomic mass is 10.0. The van der Waals surface area contributed by atoms with Crippen molar-refractivity contribution in [2.24, 2.45) is 0 Å². The molecule has 1 aliphatic heterocycles. The van der Waals surface area contributed by atoms with E-state index in [-0.39, 0.29) is 10.8 Å². The summed E-state index contributed by atoms with van der Waals surface area (Å²) in [6.07, 6.45) is 2.86. The number of amides is 1. The van der Waals surface area contributed by atoms with E-state index in [1.54, 1.807) is 42.4 Å². The lowest BCUT2D eigenvalue weighted by molar-refractivity contribution is 0.0989. The Labute approximate surface area is 177 Å². The minimum Gasteiger partial charge on any atom is -0.493 e. The summed E-state index contributed by atoms with van der Waals surface area (Å²) in [5, 5.41) is 0. The fourth-order valence-electron chi connectivity index (χ4n) is 3.59. The maximum absolute atomic E-state index is 13.3. The van der Waals surface area contributed by atoms with E-state index in [1.165, 1.54) is 31.6 Å². The first-order valence-corrected chi connectivity index (χ1v) is 10.9. The Balaban J connectivity index is 1.99. The number of benzene rings is 2. The number of carbonyl (C=O) groups excluding carboxylic acids is 1. The number of hydrogen-bond donors (Lipinski definition) is 0. The fourth-order valence-corrected chi connectivity index (χ4v) is 4.54. The van der Waals surface area contributed by atoms with Gasteiger partial charge in [-0.05, 0) is 48.7 Å². The topological polar surface area (TPSA) is 76.2 Å². The molecule has 7 nitrogen and oxygen atoms in total. The maximum Gasteiger partial charge on any atom is 0.258 e. The first-order chi connectivity index (χ1) is 14.2. The Morgan fingerprint density at radius 3 is 2.53 bits per heavy atom. The minimum absolute atomic E-state index is 0.178. The molecule has 160 valence electrons. The highest BCUT2D eigenvalue weighted by Gasteiger charge is 2.29. The molecule has 0 atom stereocenters. The predicted octanol–water partition coefficient (Wildman–Crippen LogP) is 2.89. The molecule has 0 radical (unpaired) electrons. The quantitative estimate of drug-likeness (QED) is 0.632. The summed E-state index contributed by atoms with van der Waals surface area (Å²) in [4.78, 5) is 15.2. The Hall–Kier alpha value is -2.84. The van der Waals surface area contributed by atoms with Crippen LogP contribution in [-0.4, -0.2) is 53.5 Å². The van der Waals surface area contributed by atoms with Crippen molar-refractivity contribution in [1.29, 1.82) is 0 Å². The molecule has 8 heteroatoms. The first-order valence-electron chi connectivity index (χ1n) is 9.47. The molecular weight excluding hydrogens is 404 g/mol. The Morgan fingerprint density at radius 1 is 1.20 bits per heavy atom. The summed E-state index contributed by atoms with van der Waals surface area (Å²) in [6.45, 7) is 4.24. The molecule has 30 heavy (non-hydrogen) atoms. The third-order valence-corrected chi connectivity index (χ3v) is 6.95. The lowest BCUT2D eigenvalue weighted by Crippen LogP contribution is -2.29. The highest BCUT2D eigenvalue weighted by atomic mass is 32.2. The van der Waals surface area contributed by atoms with Crippen molar-refractivity contribution >= 4 is 21.6 Å². The van der Waals surface area contributed by atoms with Crippen LogP contribution < -0.4 is 14.4 Å². The van der Waals surface area contributed by atoms with Crippen molar-refractivity contribution < 1.29 is 22.7 Å². The summed E-state index contributed by atoms with van der Waals surface area (Å²) >= 11 is 0. The summed E-state index contributed by atoms with van der Waals surface area (Å²) in [6, 6.07) is 8.33. The van der Waals surface area contributed by atoms with Gasteiger partial charge < -0.3 is 14.4 Å². The molecule has 0 aromatic heterocycles. The van der Waals surface area contributed by atoms with E-state index >= 15 is 0 Å². The van der Waals surface area contributed by atoms with Crippen molar-refractivity contribution in [1.82, 2.24) is 4.31 Å². The number of methoxy groups -OCH3 is 2. The number of carbonyl (C=O) groups is 1. The molecule has 1 amide bonds. The zero-order chi connectivity index (χ0) is 22.1. The highest BCUT2D eigenvalue weighted by Crippen LogP contribution is 2.36. The second-order valence-electron chi connectivity index (χ2n) is 7.15. The van der Waals surface area contributed by atoms with E-state index in [0.29, 0.717) is 36.4 Å². The smallest absolute Gasteiger partial charge is 0.258 e. The van der Waals surface area contributed by atoms with E-state index in [0.717, 1.165) is 16.8 Å². The van der Waals surface area contributed by atoms with Crippen LogP contribution in [0.5, 0.6) is 11.5 Å². The Bertz CT molecular complexity index is 1090. The van der Waals surface area contributed by atoms with Gasteiger partial charge in [-0.25, -0.2) is 12.7 Å². The third kappa shape index (κ3) is 3.80. The number of sulfonamides is 1. The molecule has 0 unspecified atom stereocenters. The van der Waals surface area contributed by atoms with E-state index in [1.807, 2.05) is 0 Å². The molecule has 0 bridgehead atoms. The van der Waals surface area contributed by atoms with Gasteiger partial charge in [-0.15, -0.1) is 6.58 Å². The number of nitrogens with zero attached hydrogens (tertiary/aromatic N) is 2. The lowest BCUT2D eigenvalue weighted by Gasteiger charge is -2.20. The van der Waals surface area contributed by atoms with Crippen LogP contribution in [0.1, 0.15) is 21.5 Å². The number of allylic oxidation sites excluding steroid dienone is 1. The van der Waals surface area contributed by atoms with Crippen molar-refractivity contribution in [3.8, 4) is 11.5 Å². The highest BCUT2D eigenvalue weighted by molar-refractivity contribution is 7.89. The van der Waals surface area contributed by atoms with Crippen LogP contribution in [0.2, 0.25) is 0 Å². The van der Waals surface area contributed by atoms with Crippen molar-refractivity contribution in [2.75, 3.05) is 39.8 Å². The molecule has 0 aliphatic carbocycles. The molecule has 0 saturated carbocycles. The molecule has 1 aliphatic rings. The number of rotatable bonds is 7. The summed E-state index contributed by atoms with van der Waals surface area (Å²) in [5.41, 5.74) is 2.83. The van der Waals surface area contributed by atoms with Gasteiger partial charge >= 0.3 is 0 Å². The molecule has 0 saturated heterocycles. The fraction of sp³-hybridized carbons (Fsp3) is 0.318. The Morgan fingerprint density at radius 2 is 1.93 bits per heavy atom. The Kier molecular flexibility index (Phi) is 6.19. The van der Waals surface area contributed by atoms with Crippen LogP contribution in [0.4, 0.5) is 5.69 Å². The number of anilines is 1. The molecule has 0 fully saturated rings. The van der Waals surface area contributed by atoms with E-state index in [4.69, 9.17) is 9.47 Å². The summed E-state index contributed by atoms with van der Waals surface area (Å²) in [5.74, 6) is 0.879. The van der Waals surface area contributed by atoms with Crippen molar-refractivity contribution in [3.05, 3.63) is 59.7 Å². The average Bonchev–Trinajstić information content (AvgIpc) is 3.15. The molecule has 1 heterocycles. The first kappa shape index (κ1) is 21.9. The van der Waals surface area contributed by atoms with Gasteiger partial charge in [0.05, 0.1) is 19.1 Å². The van der Waals surface area contributed by atoms with Crippen molar-refractivity contribution in [3.63, 3.8) is 0 Å². The molecule has 0 spiro atoms. The summed E-state index contributed by atoms with van der Waals surface area (Å²) in [7, 11) is 2.55. The van der Waals surface area contributed by atoms with Gasteiger partial charge in [0, 0.05) is 37.5 Å². The molecular formula is C22H26N2O5S. The second kappa shape index (κ2) is 8.49. The predicted molar refractivity (Wildman–Crippen MR) is 116 cm³/mol. The average molecular weight is 431 g/mol. The van der Waals surface area contributed by atoms with Crippen LogP contribution in [0.15, 0.2) is 47.9 Å². The summed E-state index contributed by atoms with van der Waals surface area (Å²) < 4.78 is 36.9. The molecule has 2 aromatic carbocycles. The molecule has 3 rings (SSSR count). The number of ether oxygens (including phenoxy) is 2. The van der Waals surface area contributed by atoms with Crippen LogP contribution in [0, 0.1) is 0 Å². The van der Waals surface area contributed by atoms with Crippen LogP contribution in [0.3, 0.4) is 0 Å². The third-order valence-electron chi connectivity index (χ3n) is 5.14. The van der Waals surface area contributed by atoms with Gasteiger partial charge in [0.1, 0.15) is 0 Å². The van der Waals surface area contributed by atoms with Gasteiger partial charge in [-0.3, -0.25) is 4.79 Å². The van der Waals surface area contributed by atoms with E-state index < -0.39 is 10.0 Å². The minimum atomic E-state index is -3.53. The second-order valence-corrected chi connectivity index (χ2v) is 9.30. The number of hydrogen-bond acceptors (Lipinski definition) is 5. The van der Waals surface area contributed by atoms with Gasteiger partial charge in [-0.1, -0.05) is 6.08 Å². The van der Waals surface area contributed by atoms with E-state index in [2.05, 4.69) is 6.58 Å². The molecule has 0 N–H and O–H groups in total. The standard InChI is InChI=1S/C22H26N2O5S/c1-6-7-16-12-17(14-20(28-4)21(16)29-5)22(25)24-11-10-15-13-18(8-9-19(15)24)30(26,27)23(2)3/h6,8-9,12-14H,1,7,10-11H2,2-5H3. The molecule has 2 aromatic rings. The normalized spacial score (nSPS) is 13.3. The van der Waals surface area contributed by atoms with Crippen LogP contribution >= 0.6 is 0 Å².